The molecule has 0 aliphatic carbocycles. The molecule has 11 heteroatoms. The number of halogens is 1. The number of H-pyrrole nitrogens is 1. The van der Waals surface area contributed by atoms with E-state index in [0.29, 0.717) is 18.0 Å². The number of hydrogen-bond acceptors (Lipinski definition) is 8. The smallest absolute Gasteiger partial charge is 0.356 e. The topological polar surface area (TPSA) is 111 Å². The molecule has 0 unspecified atom stereocenters. The third kappa shape index (κ3) is 3.90. The molecule has 9 nitrogen and oxygen atoms in total. The number of nitrogens with one attached hydrogen (secondary N) is 1. The van der Waals surface area contributed by atoms with Crippen LogP contribution in [0, 0.1) is 6.92 Å². The third-order valence-corrected chi connectivity index (χ3v) is 7.34. The molecule has 0 bridgehead atoms. The molecule has 0 saturated carbocycles. The van der Waals surface area contributed by atoms with Gasteiger partial charge in [0.2, 0.25) is 0 Å². The maximum Gasteiger partial charge on any atom is 0.356 e. The number of imidazole rings is 1. The Morgan fingerprint density at radius 2 is 2.03 bits per heavy atom. The van der Waals surface area contributed by atoms with E-state index in [-0.39, 0.29) is 5.69 Å². The molecule has 1 aromatic carbocycles. The van der Waals surface area contributed by atoms with E-state index >= 15 is 0 Å². The van der Waals surface area contributed by atoms with Gasteiger partial charge in [0.25, 0.3) is 0 Å². The summed E-state index contributed by atoms with van der Waals surface area (Å²) in [6.07, 6.45) is 0.749. The monoisotopic (exact) mass is 537 g/mol. The van der Waals surface area contributed by atoms with Crippen LogP contribution in [0.5, 0.6) is 0 Å². The number of aromatic nitrogens is 7. The summed E-state index contributed by atoms with van der Waals surface area (Å²) in [7, 11) is 1.36. The van der Waals surface area contributed by atoms with Crippen molar-refractivity contribution in [3.05, 3.63) is 62.1 Å². The third-order valence-electron chi connectivity index (χ3n) is 5.62. The number of esters is 1. The molecule has 0 amide bonds. The summed E-state index contributed by atoms with van der Waals surface area (Å²) in [6, 6.07) is 10.1. The van der Waals surface area contributed by atoms with Crippen LogP contribution in [0.2, 0.25) is 0 Å². The van der Waals surface area contributed by atoms with Gasteiger partial charge in [0.15, 0.2) is 17.2 Å². The van der Waals surface area contributed by atoms with Gasteiger partial charge in [-0.3, -0.25) is 0 Å². The van der Waals surface area contributed by atoms with E-state index in [4.69, 9.17) is 9.72 Å². The Morgan fingerprint density at radius 3 is 2.71 bits per heavy atom. The van der Waals surface area contributed by atoms with Gasteiger partial charge in [0.1, 0.15) is 11.3 Å². The van der Waals surface area contributed by atoms with Gasteiger partial charge >= 0.3 is 5.97 Å². The standard InChI is InChI=1S/C23H20BrN7O2S/c1-4-17-26-19-12(2)9-16(23(32)33-3)25-22(19)31(17)10-13-5-7-14(8-6-13)15-11-34-20(24)18(15)21-27-29-30-28-21/h5-9,11H,4,10H2,1-3H3,(H,27,28,29,30). The van der Waals surface area contributed by atoms with Crippen molar-refractivity contribution in [3.8, 4) is 22.5 Å². The van der Waals surface area contributed by atoms with Crippen molar-refractivity contribution in [1.29, 1.82) is 0 Å². The van der Waals surface area contributed by atoms with Gasteiger partial charge in [-0.2, -0.15) is 0 Å². The fraction of sp³-hybridized carbons (Fsp3) is 0.217. The second kappa shape index (κ2) is 9.07. The highest BCUT2D eigenvalue weighted by Gasteiger charge is 2.19. The van der Waals surface area contributed by atoms with Crippen LogP contribution in [0.1, 0.15) is 34.4 Å². The first-order valence-corrected chi connectivity index (χ1v) is 12.2. The fourth-order valence-electron chi connectivity index (χ4n) is 3.94. The first-order valence-electron chi connectivity index (χ1n) is 10.6. The Labute approximate surface area is 207 Å². The van der Waals surface area contributed by atoms with Crippen LogP contribution in [-0.2, 0) is 17.7 Å². The van der Waals surface area contributed by atoms with E-state index in [1.165, 1.54) is 7.11 Å². The molecule has 4 aromatic heterocycles. The highest BCUT2D eigenvalue weighted by Crippen LogP contribution is 2.40. The number of aryl methyl sites for hydroxylation is 2. The lowest BCUT2D eigenvalue weighted by atomic mass is 10.0. The normalized spacial score (nSPS) is 11.3. The fourth-order valence-corrected chi connectivity index (χ4v) is 5.42. The van der Waals surface area contributed by atoms with Gasteiger partial charge in [-0.25, -0.2) is 19.9 Å². The van der Waals surface area contributed by atoms with Gasteiger partial charge in [-0.15, -0.1) is 16.4 Å². The van der Waals surface area contributed by atoms with Gasteiger partial charge < -0.3 is 9.30 Å². The van der Waals surface area contributed by atoms with E-state index in [1.807, 2.05) is 6.92 Å². The molecule has 0 radical (unpaired) electrons. The number of nitrogens with zero attached hydrogens (tertiary/aromatic N) is 6. The summed E-state index contributed by atoms with van der Waals surface area (Å²) in [5.74, 6) is 1.07. The van der Waals surface area contributed by atoms with Gasteiger partial charge in [0.05, 0.1) is 23.0 Å². The maximum atomic E-state index is 12.1. The average Bonchev–Trinajstić information content (AvgIpc) is 3.58. The Hall–Kier alpha value is -3.44. The quantitative estimate of drug-likeness (QED) is 0.309. The minimum absolute atomic E-state index is 0.282. The van der Waals surface area contributed by atoms with Crippen LogP contribution in [0.25, 0.3) is 33.7 Å². The number of ether oxygens (including phenoxy) is 1. The molecule has 34 heavy (non-hydrogen) atoms. The van der Waals surface area contributed by atoms with Crippen molar-refractivity contribution in [3.63, 3.8) is 0 Å². The highest BCUT2D eigenvalue weighted by atomic mass is 79.9. The van der Waals surface area contributed by atoms with Crippen molar-refractivity contribution < 1.29 is 9.53 Å². The zero-order valence-electron chi connectivity index (χ0n) is 18.7. The second-order valence-corrected chi connectivity index (χ2v) is 9.90. The molecule has 0 spiro atoms. The van der Waals surface area contributed by atoms with Crippen LogP contribution in [-0.4, -0.2) is 48.2 Å². The summed E-state index contributed by atoms with van der Waals surface area (Å²) in [5.41, 5.74) is 6.80. The average molecular weight is 538 g/mol. The second-order valence-electron chi connectivity index (χ2n) is 7.70. The number of carbonyl (C=O) groups excluding carboxylic acids is 1. The molecule has 1 N–H and O–H groups in total. The molecule has 4 heterocycles. The predicted octanol–water partition coefficient (Wildman–Crippen LogP) is 4.81. The van der Waals surface area contributed by atoms with E-state index in [9.17, 15) is 4.79 Å². The summed E-state index contributed by atoms with van der Waals surface area (Å²) in [4.78, 5) is 21.5. The van der Waals surface area contributed by atoms with E-state index < -0.39 is 5.97 Å². The van der Waals surface area contributed by atoms with Crippen molar-refractivity contribution >= 4 is 44.4 Å². The Kier molecular flexibility index (Phi) is 5.96. The number of hydrogen-bond donors (Lipinski definition) is 1. The van der Waals surface area contributed by atoms with Crippen LogP contribution in [0.3, 0.4) is 0 Å². The lowest BCUT2D eigenvalue weighted by Gasteiger charge is -2.10. The molecule has 5 aromatic rings. The number of rotatable bonds is 6. The number of carbonyl (C=O) groups is 1. The molecule has 0 atom stereocenters. The number of thiophene rings is 1. The van der Waals surface area contributed by atoms with Crippen molar-refractivity contribution in [2.75, 3.05) is 7.11 Å². The maximum absolute atomic E-state index is 12.1. The zero-order valence-corrected chi connectivity index (χ0v) is 21.1. The summed E-state index contributed by atoms with van der Waals surface area (Å²) < 4.78 is 7.91. The lowest BCUT2D eigenvalue weighted by Crippen LogP contribution is -2.09. The highest BCUT2D eigenvalue weighted by molar-refractivity contribution is 9.11. The number of fused-ring (bicyclic) bond motifs is 1. The minimum atomic E-state index is -0.458. The Bertz CT molecular complexity index is 1490. The first kappa shape index (κ1) is 22.4. The first-order chi connectivity index (χ1) is 16.5. The molecular formula is C23H20BrN7O2S. The number of methoxy groups -OCH3 is 1. The van der Waals surface area contributed by atoms with E-state index in [0.717, 1.165) is 49.4 Å². The molecule has 0 saturated heterocycles. The number of tetrazole rings is 1. The van der Waals surface area contributed by atoms with Crippen LogP contribution >= 0.6 is 27.3 Å². The molecule has 0 fully saturated rings. The van der Waals surface area contributed by atoms with Crippen LogP contribution < -0.4 is 0 Å². The van der Waals surface area contributed by atoms with Crippen LogP contribution in [0.4, 0.5) is 0 Å². The number of aromatic amines is 1. The lowest BCUT2D eigenvalue weighted by molar-refractivity contribution is 0.0594. The molecule has 172 valence electrons. The van der Waals surface area contributed by atoms with Gasteiger partial charge in [0, 0.05) is 17.4 Å². The molecular weight excluding hydrogens is 518 g/mol. The number of pyridine rings is 1. The molecule has 0 aliphatic heterocycles. The van der Waals surface area contributed by atoms with Crippen molar-refractivity contribution in [2.24, 2.45) is 0 Å². The van der Waals surface area contributed by atoms with Gasteiger partial charge in [-0.05, 0) is 56.0 Å². The van der Waals surface area contributed by atoms with Crippen molar-refractivity contribution in [1.82, 2.24) is 35.2 Å². The molecule has 0 aliphatic rings. The number of benzene rings is 1. The van der Waals surface area contributed by atoms with Crippen molar-refractivity contribution in [2.45, 2.75) is 26.8 Å². The Morgan fingerprint density at radius 1 is 1.24 bits per heavy atom. The van der Waals surface area contributed by atoms with Crippen LogP contribution in [0.15, 0.2) is 39.5 Å². The largest absolute Gasteiger partial charge is 0.464 e. The van der Waals surface area contributed by atoms with E-state index in [2.05, 4.69) is 82.7 Å². The SMILES string of the molecule is CCc1nc2c(C)cc(C(=O)OC)nc2n1Cc1ccc(-c2csc(Br)c2-c2nnn[nH]2)cc1. The zero-order chi connectivity index (χ0) is 23.8. The van der Waals surface area contributed by atoms with E-state index in [1.54, 1.807) is 17.4 Å². The summed E-state index contributed by atoms with van der Waals surface area (Å²) >= 11 is 5.20. The summed E-state index contributed by atoms with van der Waals surface area (Å²) in [6.45, 7) is 4.58. The predicted molar refractivity (Wildman–Crippen MR) is 133 cm³/mol. The molecule has 5 rings (SSSR count). The minimum Gasteiger partial charge on any atom is -0.464 e. The van der Waals surface area contributed by atoms with Gasteiger partial charge in [-0.1, -0.05) is 31.2 Å². The summed E-state index contributed by atoms with van der Waals surface area (Å²) in [5, 5.41) is 16.4. The Balaban J connectivity index is 1.51.